The lowest BCUT2D eigenvalue weighted by atomic mass is 10.1. The highest BCUT2D eigenvalue weighted by Crippen LogP contribution is 2.49. The molecule has 3 aromatic rings. The van der Waals surface area contributed by atoms with Crippen LogP contribution in [0.15, 0.2) is 70.6 Å². The molecule has 29 heavy (non-hydrogen) atoms. The first kappa shape index (κ1) is 19.5. The van der Waals surface area contributed by atoms with E-state index in [2.05, 4.69) is 53.2 Å². The van der Waals surface area contributed by atoms with Crippen LogP contribution in [0.3, 0.4) is 0 Å². The summed E-state index contributed by atoms with van der Waals surface area (Å²) in [5.41, 5.74) is 4.02. The maximum atomic E-state index is 11.1. The Hall–Kier alpha value is -2.86. The van der Waals surface area contributed by atoms with Gasteiger partial charge in [0.1, 0.15) is 0 Å². The third-order valence-corrected chi connectivity index (χ3v) is 6.22. The number of rotatable bonds is 7. The van der Waals surface area contributed by atoms with Crippen molar-refractivity contribution in [1.82, 2.24) is 4.98 Å². The Bertz CT molecular complexity index is 1040. The molecule has 0 aliphatic carbocycles. The van der Waals surface area contributed by atoms with Gasteiger partial charge in [0.15, 0.2) is 0 Å². The van der Waals surface area contributed by atoms with E-state index in [4.69, 9.17) is 0 Å². The lowest BCUT2D eigenvalue weighted by molar-refractivity contribution is -0.384. The number of hydrogen-bond donors (Lipinski definition) is 0. The first-order chi connectivity index (χ1) is 14.2. The summed E-state index contributed by atoms with van der Waals surface area (Å²) < 4.78 is 0. The summed E-state index contributed by atoms with van der Waals surface area (Å²) in [6, 6.07) is 17.7. The second kappa shape index (κ2) is 8.66. The maximum absolute atomic E-state index is 11.1. The molecule has 0 fully saturated rings. The molecular weight excluding hydrogens is 382 g/mol. The van der Waals surface area contributed by atoms with Crippen molar-refractivity contribution in [3.8, 4) is 11.3 Å². The van der Waals surface area contributed by atoms with Crippen molar-refractivity contribution >= 4 is 28.8 Å². The van der Waals surface area contributed by atoms with Crippen LogP contribution in [0.2, 0.25) is 0 Å². The summed E-state index contributed by atoms with van der Waals surface area (Å²) in [7, 11) is 0. The van der Waals surface area contributed by atoms with Crippen molar-refractivity contribution in [3.63, 3.8) is 0 Å². The van der Waals surface area contributed by atoms with Crippen LogP contribution in [0.25, 0.3) is 11.3 Å². The molecule has 0 saturated heterocycles. The largest absolute Gasteiger partial charge is 0.340 e. The second-order valence-corrected chi connectivity index (χ2v) is 8.20. The van der Waals surface area contributed by atoms with Gasteiger partial charge in [0.25, 0.3) is 5.69 Å². The van der Waals surface area contributed by atoms with Gasteiger partial charge in [-0.1, -0.05) is 56.1 Å². The predicted octanol–water partition coefficient (Wildman–Crippen LogP) is 6.84. The molecule has 0 bridgehead atoms. The normalized spacial score (nSPS) is 12.4. The zero-order chi connectivity index (χ0) is 20.2. The highest BCUT2D eigenvalue weighted by atomic mass is 32.2. The number of hydrogen-bond acceptors (Lipinski definition) is 5. The summed E-state index contributed by atoms with van der Waals surface area (Å²) in [6.07, 6.45) is 6.36. The second-order valence-electron chi connectivity index (χ2n) is 7.12. The van der Waals surface area contributed by atoms with Crippen LogP contribution in [0.4, 0.5) is 17.1 Å². The number of unbranched alkanes of at least 4 members (excludes halogenated alkanes) is 3. The zero-order valence-electron chi connectivity index (χ0n) is 16.4. The summed E-state index contributed by atoms with van der Waals surface area (Å²) in [5, 5.41) is 11.1. The fourth-order valence-corrected chi connectivity index (χ4v) is 4.76. The molecule has 0 spiro atoms. The molecule has 0 radical (unpaired) electrons. The zero-order valence-corrected chi connectivity index (χ0v) is 17.2. The third kappa shape index (κ3) is 4.12. The molecular formula is C23H23N3O2S. The van der Waals surface area contributed by atoms with Crippen molar-refractivity contribution in [1.29, 1.82) is 0 Å². The van der Waals surface area contributed by atoms with E-state index in [0.717, 1.165) is 23.4 Å². The molecule has 0 N–H and O–H groups in total. The molecule has 1 aliphatic heterocycles. The van der Waals surface area contributed by atoms with E-state index in [1.165, 1.54) is 53.9 Å². The van der Waals surface area contributed by atoms with Gasteiger partial charge < -0.3 is 4.90 Å². The molecule has 1 aromatic heterocycles. The van der Waals surface area contributed by atoms with Crippen LogP contribution in [0, 0.1) is 10.1 Å². The van der Waals surface area contributed by atoms with Gasteiger partial charge in [-0.25, -0.2) is 0 Å². The van der Waals surface area contributed by atoms with E-state index in [0.29, 0.717) is 5.69 Å². The molecule has 2 heterocycles. The average Bonchev–Trinajstić information content (AvgIpc) is 2.75. The molecule has 1 aliphatic rings. The van der Waals surface area contributed by atoms with Crippen LogP contribution in [0.1, 0.15) is 32.6 Å². The Kier molecular flexibility index (Phi) is 5.81. The number of nitrogens with zero attached hydrogens (tertiary/aromatic N) is 3. The maximum Gasteiger partial charge on any atom is 0.273 e. The van der Waals surface area contributed by atoms with E-state index in [-0.39, 0.29) is 10.6 Å². The molecule has 148 valence electrons. The van der Waals surface area contributed by atoms with E-state index < -0.39 is 0 Å². The fourth-order valence-electron chi connectivity index (χ4n) is 3.62. The Morgan fingerprint density at radius 2 is 1.83 bits per heavy atom. The Morgan fingerprint density at radius 1 is 1.00 bits per heavy atom. The Morgan fingerprint density at radius 3 is 2.66 bits per heavy atom. The van der Waals surface area contributed by atoms with E-state index >= 15 is 0 Å². The predicted molar refractivity (Wildman–Crippen MR) is 118 cm³/mol. The van der Waals surface area contributed by atoms with Crippen LogP contribution in [0.5, 0.6) is 0 Å². The summed E-state index contributed by atoms with van der Waals surface area (Å²) in [5.74, 6) is 0. The minimum absolute atomic E-state index is 0.0586. The van der Waals surface area contributed by atoms with Crippen molar-refractivity contribution in [2.24, 2.45) is 0 Å². The number of pyridine rings is 1. The monoisotopic (exact) mass is 405 g/mol. The van der Waals surface area contributed by atoms with Crippen molar-refractivity contribution < 1.29 is 4.92 Å². The molecule has 0 atom stereocenters. The quantitative estimate of drug-likeness (QED) is 0.245. The van der Waals surface area contributed by atoms with Gasteiger partial charge in [0.2, 0.25) is 0 Å². The van der Waals surface area contributed by atoms with E-state index in [9.17, 15) is 10.1 Å². The molecule has 0 amide bonds. The van der Waals surface area contributed by atoms with Crippen LogP contribution in [-0.2, 0) is 0 Å². The lowest BCUT2D eigenvalue weighted by Gasteiger charge is -2.33. The van der Waals surface area contributed by atoms with Gasteiger partial charge in [0.05, 0.1) is 22.0 Å². The van der Waals surface area contributed by atoms with Gasteiger partial charge in [-0.05, 0) is 30.7 Å². The van der Waals surface area contributed by atoms with Crippen LogP contribution >= 0.6 is 11.8 Å². The first-order valence-electron chi connectivity index (χ1n) is 9.96. The van der Waals surface area contributed by atoms with Crippen LogP contribution in [-0.4, -0.2) is 16.5 Å². The number of anilines is 2. The standard InChI is InChI=1S/C23H23N3O2S/c1-2-3-4-7-14-25-20-8-5-6-9-22(20)29-23-15-17(10-11-21(23)25)19-16-18(26(27)28)12-13-24-19/h5-6,8-13,15-16H,2-4,7,14H2,1H3. The van der Waals surface area contributed by atoms with Crippen molar-refractivity contribution in [2.75, 3.05) is 11.4 Å². The molecule has 2 aromatic carbocycles. The number of fused-ring (bicyclic) bond motifs is 2. The fraction of sp³-hybridized carbons (Fsp3) is 0.261. The molecule has 5 nitrogen and oxygen atoms in total. The lowest BCUT2D eigenvalue weighted by Crippen LogP contribution is -2.22. The number of aromatic nitrogens is 1. The van der Waals surface area contributed by atoms with Crippen molar-refractivity contribution in [3.05, 3.63) is 70.9 Å². The topological polar surface area (TPSA) is 59.3 Å². The Labute approximate surface area is 174 Å². The molecule has 0 saturated carbocycles. The number of benzene rings is 2. The summed E-state index contributed by atoms with van der Waals surface area (Å²) in [4.78, 5) is 19.9. The third-order valence-electron chi connectivity index (χ3n) is 5.11. The van der Waals surface area contributed by atoms with Gasteiger partial charge in [-0.15, -0.1) is 0 Å². The highest BCUT2D eigenvalue weighted by molar-refractivity contribution is 7.99. The number of para-hydroxylation sites is 1. The average molecular weight is 406 g/mol. The summed E-state index contributed by atoms with van der Waals surface area (Å²) in [6.45, 7) is 3.21. The van der Waals surface area contributed by atoms with Gasteiger partial charge in [0, 0.05) is 40.2 Å². The van der Waals surface area contributed by atoms with Gasteiger partial charge >= 0.3 is 0 Å². The van der Waals surface area contributed by atoms with Gasteiger partial charge in [-0.3, -0.25) is 15.1 Å². The SMILES string of the molecule is CCCCCCN1c2ccccc2Sc2cc(-c3cc([N+](=O)[O-])ccn3)ccc21. The van der Waals surface area contributed by atoms with E-state index in [1.807, 2.05) is 6.07 Å². The first-order valence-corrected chi connectivity index (χ1v) is 10.8. The van der Waals surface area contributed by atoms with E-state index in [1.54, 1.807) is 11.8 Å². The Balaban J connectivity index is 1.68. The minimum Gasteiger partial charge on any atom is -0.340 e. The van der Waals surface area contributed by atoms with Crippen LogP contribution < -0.4 is 4.90 Å². The smallest absolute Gasteiger partial charge is 0.273 e. The molecule has 4 rings (SSSR count). The van der Waals surface area contributed by atoms with Gasteiger partial charge in [-0.2, -0.15) is 0 Å². The van der Waals surface area contributed by atoms with Crippen molar-refractivity contribution in [2.45, 2.75) is 42.4 Å². The minimum atomic E-state index is -0.382. The summed E-state index contributed by atoms with van der Waals surface area (Å²) >= 11 is 1.75. The molecule has 0 unspecified atom stereocenters. The number of nitro groups is 1. The highest BCUT2D eigenvalue weighted by Gasteiger charge is 2.23. The molecule has 6 heteroatoms.